The molecule has 0 unspecified atom stereocenters. The molecule has 108 valence electrons. The van der Waals surface area contributed by atoms with Gasteiger partial charge >= 0.3 is 6.09 Å². The molecular weight excluding hydrogens is 254 g/mol. The van der Waals surface area contributed by atoms with E-state index in [-0.39, 0.29) is 12.2 Å². The van der Waals surface area contributed by atoms with E-state index in [0.29, 0.717) is 19.1 Å². The van der Waals surface area contributed by atoms with E-state index in [0.717, 1.165) is 32.1 Å². The van der Waals surface area contributed by atoms with Gasteiger partial charge in [-0.25, -0.2) is 4.79 Å². The number of carbonyl (C=O) groups is 1. The topological polar surface area (TPSA) is 58.6 Å². The molecule has 1 saturated heterocycles. The van der Waals surface area contributed by atoms with Crippen molar-refractivity contribution in [3.8, 4) is 0 Å². The fourth-order valence-electron chi connectivity index (χ4n) is 3.15. The van der Waals surface area contributed by atoms with Gasteiger partial charge in [-0.05, 0) is 48.8 Å². The largest absolute Gasteiger partial charge is 0.450 e. The van der Waals surface area contributed by atoms with Crippen molar-refractivity contribution < 1.29 is 14.6 Å². The number of benzene rings is 1. The Bertz CT molecular complexity index is 500. The van der Waals surface area contributed by atoms with Gasteiger partial charge in [0.15, 0.2) is 0 Å². The third kappa shape index (κ3) is 2.96. The number of aliphatic hydroxyl groups is 1. The molecule has 1 aliphatic carbocycles. The average Bonchev–Trinajstić information content (AvgIpc) is 2.43. The zero-order chi connectivity index (χ0) is 13.9. The highest BCUT2D eigenvalue weighted by atomic mass is 16.5. The quantitative estimate of drug-likeness (QED) is 0.825. The number of ether oxygens (including phenoxy) is 1. The van der Waals surface area contributed by atoms with E-state index >= 15 is 0 Å². The zero-order valence-corrected chi connectivity index (χ0v) is 11.6. The maximum atomic E-state index is 11.3. The smallest absolute Gasteiger partial charge is 0.407 e. The first kappa shape index (κ1) is 13.4. The summed E-state index contributed by atoms with van der Waals surface area (Å²) in [7, 11) is 0. The molecule has 3 rings (SSSR count). The molecule has 20 heavy (non-hydrogen) atoms. The third-order valence-electron chi connectivity index (χ3n) is 4.33. The molecule has 2 N–H and O–H groups in total. The Labute approximate surface area is 119 Å². The molecular formula is C16H21NO3. The average molecular weight is 275 g/mol. The van der Waals surface area contributed by atoms with Crippen molar-refractivity contribution >= 4 is 6.09 Å². The Morgan fingerprint density at radius 2 is 2.15 bits per heavy atom. The molecule has 1 aromatic rings. The van der Waals surface area contributed by atoms with Gasteiger partial charge in [-0.1, -0.05) is 18.2 Å². The molecule has 2 atom stereocenters. The van der Waals surface area contributed by atoms with Crippen LogP contribution in [-0.4, -0.2) is 30.5 Å². The van der Waals surface area contributed by atoms with Crippen LogP contribution in [0.25, 0.3) is 0 Å². The Hall–Kier alpha value is -1.55. The number of hydrogen-bond acceptors (Lipinski definition) is 3. The highest BCUT2D eigenvalue weighted by Gasteiger charge is 2.20. The molecule has 1 heterocycles. The Balaban J connectivity index is 1.77. The van der Waals surface area contributed by atoms with Crippen LogP contribution < -0.4 is 5.32 Å². The molecule has 0 saturated carbocycles. The number of carbonyl (C=O) groups excluding carboxylic acids is 1. The monoisotopic (exact) mass is 275 g/mol. The first-order valence-corrected chi connectivity index (χ1v) is 7.43. The van der Waals surface area contributed by atoms with E-state index in [9.17, 15) is 9.90 Å². The second kappa shape index (κ2) is 5.83. The lowest BCUT2D eigenvalue weighted by Crippen LogP contribution is -2.31. The van der Waals surface area contributed by atoms with Gasteiger partial charge in [0.2, 0.25) is 0 Å². The number of fused-ring (bicyclic) bond motifs is 1. The predicted molar refractivity (Wildman–Crippen MR) is 75.8 cm³/mol. The first-order chi connectivity index (χ1) is 9.72. The van der Waals surface area contributed by atoms with E-state index in [4.69, 9.17) is 4.74 Å². The van der Waals surface area contributed by atoms with Crippen LogP contribution in [0.3, 0.4) is 0 Å². The number of amides is 1. The van der Waals surface area contributed by atoms with Gasteiger partial charge in [-0.3, -0.25) is 0 Å². The number of cyclic esters (lactones) is 1. The summed E-state index contributed by atoms with van der Waals surface area (Å²) in [5.41, 5.74) is 3.92. The standard InChI is InChI=1S/C16H21NO3/c18-15-6-5-11-8-12(3-4-13(11)9-15)14-2-1-7-20-16(19)17-10-14/h3-4,8,14-15,18H,1-2,5-7,9-10H2,(H,17,19)/t14-,15+/m0/s1. The zero-order valence-electron chi connectivity index (χ0n) is 11.6. The Kier molecular flexibility index (Phi) is 3.92. The van der Waals surface area contributed by atoms with Crippen LogP contribution in [0.5, 0.6) is 0 Å². The van der Waals surface area contributed by atoms with E-state index in [1.165, 1.54) is 16.7 Å². The second-order valence-corrected chi connectivity index (χ2v) is 5.78. The Morgan fingerprint density at radius 1 is 1.25 bits per heavy atom. The summed E-state index contributed by atoms with van der Waals surface area (Å²) >= 11 is 0. The molecule has 1 amide bonds. The van der Waals surface area contributed by atoms with Crippen LogP contribution in [0.1, 0.15) is 41.9 Å². The molecule has 4 nitrogen and oxygen atoms in total. The minimum atomic E-state index is -0.309. The summed E-state index contributed by atoms with van der Waals surface area (Å²) in [6.07, 6.45) is 4.01. The minimum Gasteiger partial charge on any atom is -0.450 e. The van der Waals surface area contributed by atoms with Crippen LogP contribution in [0.2, 0.25) is 0 Å². The van der Waals surface area contributed by atoms with Crippen molar-refractivity contribution in [3.63, 3.8) is 0 Å². The van der Waals surface area contributed by atoms with Crippen LogP contribution in [0, 0.1) is 0 Å². The maximum absolute atomic E-state index is 11.3. The van der Waals surface area contributed by atoms with E-state index in [1.54, 1.807) is 0 Å². The molecule has 4 heteroatoms. The molecule has 0 bridgehead atoms. The summed E-state index contributed by atoms with van der Waals surface area (Å²) in [4.78, 5) is 11.3. The fourth-order valence-corrected chi connectivity index (χ4v) is 3.15. The molecule has 2 aliphatic rings. The number of rotatable bonds is 1. The molecule has 1 aromatic carbocycles. The van der Waals surface area contributed by atoms with Crippen molar-refractivity contribution in [1.29, 1.82) is 0 Å². The Morgan fingerprint density at radius 3 is 3.05 bits per heavy atom. The van der Waals surface area contributed by atoms with Gasteiger partial charge in [0, 0.05) is 12.5 Å². The SMILES string of the molecule is O=C1NC[C@@H](c2ccc3c(c2)CC[C@@H](O)C3)CCCO1. The minimum absolute atomic E-state index is 0.189. The van der Waals surface area contributed by atoms with Crippen LogP contribution >= 0.6 is 0 Å². The van der Waals surface area contributed by atoms with Crippen molar-refractivity contribution in [2.45, 2.75) is 44.1 Å². The lowest BCUT2D eigenvalue weighted by Gasteiger charge is -2.25. The normalized spacial score (nSPS) is 26.8. The molecule has 0 aromatic heterocycles. The van der Waals surface area contributed by atoms with Crippen molar-refractivity contribution in [3.05, 3.63) is 34.9 Å². The van der Waals surface area contributed by atoms with Gasteiger partial charge in [-0.15, -0.1) is 0 Å². The number of alkyl carbamates (subject to hydrolysis) is 1. The first-order valence-electron chi connectivity index (χ1n) is 7.43. The highest BCUT2D eigenvalue weighted by molar-refractivity contribution is 5.67. The lowest BCUT2D eigenvalue weighted by molar-refractivity contribution is 0.136. The summed E-state index contributed by atoms with van der Waals surface area (Å²) in [6.45, 7) is 1.14. The fraction of sp³-hybridized carbons (Fsp3) is 0.562. The number of nitrogens with one attached hydrogen (secondary N) is 1. The maximum Gasteiger partial charge on any atom is 0.407 e. The van der Waals surface area contributed by atoms with Gasteiger partial charge in [-0.2, -0.15) is 0 Å². The highest BCUT2D eigenvalue weighted by Crippen LogP contribution is 2.28. The van der Waals surface area contributed by atoms with Crippen LogP contribution in [0.15, 0.2) is 18.2 Å². The lowest BCUT2D eigenvalue weighted by atomic mass is 9.85. The van der Waals surface area contributed by atoms with Crippen LogP contribution in [-0.2, 0) is 17.6 Å². The van der Waals surface area contributed by atoms with Gasteiger partial charge in [0.05, 0.1) is 12.7 Å². The van der Waals surface area contributed by atoms with Crippen molar-refractivity contribution in [2.75, 3.05) is 13.2 Å². The molecule has 1 aliphatic heterocycles. The summed E-state index contributed by atoms with van der Waals surface area (Å²) < 4.78 is 4.99. The van der Waals surface area contributed by atoms with E-state index in [2.05, 4.69) is 23.5 Å². The van der Waals surface area contributed by atoms with Gasteiger partial charge in [0.1, 0.15) is 0 Å². The van der Waals surface area contributed by atoms with Crippen molar-refractivity contribution in [2.24, 2.45) is 0 Å². The van der Waals surface area contributed by atoms with Crippen LogP contribution in [0.4, 0.5) is 4.79 Å². The predicted octanol–water partition coefficient (Wildman–Crippen LogP) is 2.14. The van der Waals surface area contributed by atoms with E-state index in [1.807, 2.05) is 0 Å². The second-order valence-electron chi connectivity index (χ2n) is 5.78. The van der Waals surface area contributed by atoms with Gasteiger partial charge < -0.3 is 15.2 Å². The molecule has 1 fully saturated rings. The summed E-state index contributed by atoms with van der Waals surface area (Å²) in [5.74, 6) is 0.361. The van der Waals surface area contributed by atoms with Crippen molar-refractivity contribution in [1.82, 2.24) is 5.32 Å². The number of aliphatic hydroxyl groups excluding tert-OH is 1. The third-order valence-corrected chi connectivity index (χ3v) is 4.33. The number of hydrogen-bond donors (Lipinski definition) is 2. The molecule has 0 radical (unpaired) electrons. The summed E-state index contributed by atoms with van der Waals surface area (Å²) in [5, 5.41) is 12.5. The number of aryl methyl sites for hydroxylation is 1. The summed E-state index contributed by atoms with van der Waals surface area (Å²) in [6, 6.07) is 6.56. The van der Waals surface area contributed by atoms with E-state index < -0.39 is 0 Å². The van der Waals surface area contributed by atoms with Gasteiger partial charge in [0.25, 0.3) is 0 Å². The molecule has 0 spiro atoms.